The number of hydrogen-bond acceptors (Lipinski definition) is 9. The van der Waals surface area contributed by atoms with Crippen LogP contribution in [0.25, 0.3) is 0 Å². The van der Waals surface area contributed by atoms with Gasteiger partial charge >= 0.3 is 0 Å². The SMILES string of the molecule is CN1CCN(c2ccc(Nc3ncc4c(n3)N(C3CCCC3)C3(CC(=O)N(C)C3=O)C4)nc2)CC1. The number of anilines is 4. The molecule has 2 amide bonds. The molecule has 10 heteroatoms. The quantitative estimate of drug-likeness (QED) is 0.663. The fourth-order valence-corrected chi connectivity index (χ4v) is 6.10. The van der Waals surface area contributed by atoms with E-state index in [1.807, 2.05) is 12.3 Å². The molecule has 1 aliphatic carbocycles. The van der Waals surface area contributed by atoms with Crippen molar-refractivity contribution in [2.75, 3.05) is 55.4 Å². The van der Waals surface area contributed by atoms with Crippen LogP contribution in [-0.2, 0) is 16.0 Å². The number of piperazine rings is 1. The Morgan fingerprint density at radius 3 is 2.40 bits per heavy atom. The zero-order chi connectivity index (χ0) is 24.2. The lowest BCUT2D eigenvalue weighted by atomic mass is 9.91. The van der Waals surface area contributed by atoms with Crippen molar-refractivity contribution in [2.45, 2.75) is 50.1 Å². The van der Waals surface area contributed by atoms with Gasteiger partial charge in [0.25, 0.3) is 5.91 Å². The molecule has 1 N–H and O–H groups in total. The molecule has 0 aromatic carbocycles. The minimum absolute atomic E-state index is 0.122. The molecule has 10 nitrogen and oxygen atoms in total. The minimum Gasteiger partial charge on any atom is -0.368 e. The molecule has 35 heavy (non-hydrogen) atoms. The van der Waals surface area contributed by atoms with Crippen LogP contribution in [0.2, 0.25) is 0 Å². The first kappa shape index (κ1) is 22.2. The summed E-state index contributed by atoms with van der Waals surface area (Å²) in [6, 6.07) is 4.24. The van der Waals surface area contributed by atoms with Crippen molar-refractivity contribution in [2.24, 2.45) is 0 Å². The molecule has 6 rings (SSSR count). The summed E-state index contributed by atoms with van der Waals surface area (Å²) in [5.41, 5.74) is 1.18. The summed E-state index contributed by atoms with van der Waals surface area (Å²) < 4.78 is 0. The predicted octanol–water partition coefficient (Wildman–Crippen LogP) is 1.80. The number of pyridine rings is 1. The van der Waals surface area contributed by atoms with Crippen LogP contribution in [0.3, 0.4) is 0 Å². The summed E-state index contributed by atoms with van der Waals surface area (Å²) in [5, 5.41) is 3.24. The van der Waals surface area contributed by atoms with E-state index in [0.717, 1.165) is 68.9 Å². The van der Waals surface area contributed by atoms with Crippen LogP contribution in [0.1, 0.15) is 37.7 Å². The summed E-state index contributed by atoms with van der Waals surface area (Å²) in [5.74, 6) is 1.66. The number of fused-ring (bicyclic) bond motifs is 1. The Bertz CT molecular complexity index is 1140. The first-order valence-corrected chi connectivity index (χ1v) is 12.6. The number of likely N-dealkylation sites (tertiary alicyclic amines) is 1. The fourth-order valence-electron chi connectivity index (χ4n) is 6.10. The predicted molar refractivity (Wildman–Crippen MR) is 133 cm³/mol. The maximum Gasteiger partial charge on any atom is 0.255 e. The number of nitrogens with one attached hydrogen (secondary N) is 1. The molecule has 1 unspecified atom stereocenters. The van der Waals surface area contributed by atoms with Crippen LogP contribution in [0.4, 0.5) is 23.3 Å². The standard InChI is InChI=1S/C25H32N8O2/c1-30-9-11-32(12-10-30)19-7-8-20(26-16-19)28-24-27-15-17-13-25(14-21(34)31(2)23(25)35)33(22(17)29-24)18-5-3-4-6-18/h7-8,15-16,18H,3-6,9-14H2,1-2H3,(H,26,27,28,29). The van der Waals surface area contributed by atoms with Crippen molar-refractivity contribution in [1.82, 2.24) is 24.8 Å². The Balaban J connectivity index is 1.25. The summed E-state index contributed by atoms with van der Waals surface area (Å²) in [7, 11) is 3.74. The van der Waals surface area contributed by atoms with Crippen molar-refractivity contribution in [1.29, 1.82) is 0 Å². The van der Waals surface area contributed by atoms with Crippen LogP contribution in [-0.4, -0.2) is 88.4 Å². The minimum atomic E-state index is -0.862. The molecule has 2 saturated heterocycles. The van der Waals surface area contributed by atoms with Gasteiger partial charge in [0.05, 0.1) is 18.3 Å². The molecule has 1 atom stereocenters. The van der Waals surface area contributed by atoms with E-state index in [4.69, 9.17) is 4.98 Å². The molecular weight excluding hydrogens is 444 g/mol. The first-order chi connectivity index (χ1) is 16.9. The smallest absolute Gasteiger partial charge is 0.255 e. The molecule has 2 aromatic heterocycles. The van der Waals surface area contributed by atoms with E-state index in [-0.39, 0.29) is 24.3 Å². The highest BCUT2D eigenvalue weighted by Crippen LogP contribution is 2.47. The molecule has 0 radical (unpaired) electrons. The Kier molecular flexibility index (Phi) is 5.36. The number of carbonyl (C=O) groups excluding carboxylic acids is 2. The average molecular weight is 477 g/mol. The second kappa shape index (κ2) is 8.44. The van der Waals surface area contributed by atoms with Crippen molar-refractivity contribution >= 4 is 35.1 Å². The van der Waals surface area contributed by atoms with Crippen molar-refractivity contribution in [3.8, 4) is 0 Å². The van der Waals surface area contributed by atoms with Gasteiger partial charge in [0.2, 0.25) is 11.9 Å². The third kappa shape index (κ3) is 3.71. The zero-order valence-corrected chi connectivity index (χ0v) is 20.4. The monoisotopic (exact) mass is 476 g/mol. The van der Waals surface area contributed by atoms with E-state index in [0.29, 0.717) is 18.2 Å². The summed E-state index contributed by atoms with van der Waals surface area (Å²) in [6.07, 6.45) is 8.65. The van der Waals surface area contributed by atoms with Crippen LogP contribution in [0.5, 0.6) is 0 Å². The first-order valence-electron chi connectivity index (χ1n) is 12.6. The van der Waals surface area contributed by atoms with Gasteiger partial charge in [-0.05, 0) is 32.0 Å². The molecule has 1 saturated carbocycles. The summed E-state index contributed by atoms with van der Waals surface area (Å²) in [6.45, 7) is 4.08. The second-order valence-electron chi connectivity index (χ2n) is 10.3. The molecule has 4 aliphatic rings. The van der Waals surface area contributed by atoms with Crippen molar-refractivity contribution in [3.05, 3.63) is 30.1 Å². The summed E-state index contributed by atoms with van der Waals surface area (Å²) >= 11 is 0. The fraction of sp³-hybridized carbons (Fsp3) is 0.560. The lowest BCUT2D eigenvalue weighted by Crippen LogP contribution is -2.56. The number of carbonyl (C=O) groups is 2. The Labute approximate surface area is 205 Å². The normalized spacial score (nSPS) is 25.3. The van der Waals surface area contributed by atoms with E-state index in [1.165, 1.54) is 4.90 Å². The van der Waals surface area contributed by atoms with Gasteiger partial charge in [0.15, 0.2) is 0 Å². The number of aromatic nitrogens is 3. The zero-order valence-electron chi connectivity index (χ0n) is 20.4. The molecule has 1 spiro atoms. The molecule has 2 aromatic rings. The lowest BCUT2D eigenvalue weighted by Gasteiger charge is -2.38. The topological polar surface area (TPSA) is 97.8 Å². The lowest BCUT2D eigenvalue weighted by molar-refractivity contribution is -0.138. The number of nitrogens with zero attached hydrogens (tertiary/aromatic N) is 7. The number of hydrogen-bond donors (Lipinski definition) is 1. The van der Waals surface area contributed by atoms with Gasteiger partial charge in [0, 0.05) is 57.4 Å². The molecule has 184 valence electrons. The molecule has 3 fully saturated rings. The number of imide groups is 1. The van der Waals surface area contributed by atoms with Gasteiger partial charge < -0.3 is 20.0 Å². The highest BCUT2D eigenvalue weighted by molar-refractivity contribution is 6.11. The average Bonchev–Trinajstić information content (AvgIpc) is 3.54. The van der Waals surface area contributed by atoms with Crippen molar-refractivity contribution < 1.29 is 9.59 Å². The van der Waals surface area contributed by atoms with Crippen LogP contribution in [0, 0.1) is 0 Å². The Morgan fingerprint density at radius 2 is 1.74 bits per heavy atom. The van der Waals surface area contributed by atoms with Crippen LogP contribution < -0.4 is 15.1 Å². The van der Waals surface area contributed by atoms with E-state index in [9.17, 15) is 9.59 Å². The van der Waals surface area contributed by atoms with E-state index in [2.05, 4.69) is 43.1 Å². The maximum absolute atomic E-state index is 13.3. The Morgan fingerprint density at radius 1 is 0.971 bits per heavy atom. The highest BCUT2D eigenvalue weighted by Gasteiger charge is 2.60. The highest BCUT2D eigenvalue weighted by atomic mass is 16.2. The maximum atomic E-state index is 13.3. The van der Waals surface area contributed by atoms with Crippen LogP contribution in [0.15, 0.2) is 24.5 Å². The molecule has 5 heterocycles. The number of amides is 2. The van der Waals surface area contributed by atoms with Gasteiger partial charge in [-0.1, -0.05) is 12.8 Å². The number of likely N-dealkylation sites (N-methyl/N-ethyl adjacent to an activating group) is 2. The number of rotatable bonds is 4. The van der Waals surface area contributed by atoms with Gasteiger partial charge in [-0.15, -0.1) is 0 Å². The van der Waals surface area contributed by atoms with E-state index in [1.54, 1.807) is 13.2 Å². The molecule has 3 aliphatic heterocycles. The van der Waals surface area contributed by atoms with E-state index >= 15 is 0 Å². The molecule has 0 bridgehead atoms. The van der Waals surface area contributed by atoms with E-state index < -0.39 is 5.54 Å². The molecular formula is C25H32N8O2. The summed E-state index contributed by atoms with van der Waals surface area (Å²) in [4.78, 5) is 48.0. The second-order valence-corrected chi connectivity index (χ2v) is 10.3. The third-order valence-corrected chi connectivity index (χ3v) is 8.08. The van der Waals surface area contributed by atoms with Gasteiger partial charge in [0.1, 0.15) is 17.2 Å². The largest absolute Gasteiger partial charge is 0.368 e. The van der Waals surface area contributed by atoms with Crippen LogP contribution >= 0.6 is 0 Å². The van der Waals surface area contributed by atoms with Gasteiger partial charge in [-0.2, -0.15) is 4.98 Å². The Hall–Kier alpha value is -3.27. The van der Waals surface area contributed by atoms with Gasteiger partial charge in [-0.25, -0.2) is 9.97 Å². The van der Waals surface area contributed by atoms with Gasteiger partial charge in [-0.3, -0.25) is 14.5 Å². The van der Waals surface area contributed by atoms with Crippen molar-refractivity contribution in [3.63, 3.8) is 0 Å². The third-order valence-electron chi connectivity index (χ3n) is 8.08.